The molecule has 1 amide bonds. The van der Waals surface area contributed by atoms with Crippen molar-refractivity contribution in [1.82, 2.24) is 10.3 Å². The molecule has 1 saturated carbocycles. The summed E-state index contributed by atoms with van der Waals surface area (Å²) in [6, 6.07) is 4.61. The van der Waals surface area contributed by atoms with E-state index in [1.807, 2.05) is 0 Å². The van der Waals surface area contributed by atoms with Crippen molar-refractivity contribution in [3.63, 3.8) is 0 Å². The number of hydrogen-bond acceptors (Lipinski definition) is 6. The molecule has 1 N–H and O–H groups in total. The molecule has 4 atom stereocenters. The van der Waals surface area contributed by atoms with Crippen LogP contribution in [0.5, 0.6) is 0 Å². The zero-order valence-corrected chi connectivity index (χ0v) is 25.0. The maximum Gasteiger partial charge on any atom is 0.330 e. The van der Waals surface area contributed by atoms with Gasteiger partial charge in [0, 0.05) is 14.0 Å². The summed E-state index contributed by atoms with van der Waals surface area (Å²) in [6.45, 7) is 2.75. The first-order valence-electron chi connectivity index (χ1n) is 15.9. The van der Waals surface area contributed by atoms with Gasteiger partial charge in [-0.05, 0) is 73.3 Å². The number of nitrogens with one attached hydrogen (secondary N) is 1. The van der Waals surface area contributed by atoms with Crippen LogP contribution in [0.25, 0.3) is 6.08 Å². The van der Waals surface area contributed by atoms with Crippen molar-refractivity contribution in [2.24, 2.45) is 11.8 Å². The highest BCUT2D eigenvalue weighted by Crippen LogP contribution is 2.55. The Morgan fingerprint density at radius 2 is 2.05 bits per heavy atom. The molecule has 1 aromatic heterocycles. The number of aromatic nitrogens is 1. The van der Waals surface area contributed by atoms with E-state index in [-0.39, 0.29) is 31.3 Å². The van der Waals surface area contributed by atoms with E-state index in [0.717, 1.165) is 55.6 Å². The second-order valence-corrected chi connectivity index (χ2v) is 12.4. The number of ether oxygens (including phenoxy) is 2. The summed E-state index contributed by atoms with van der Waals surface area (Å²) >= 11 is 0. The minimum Gasteiger partial charge on any atom is -0.466 e. The van der Waals surface area contributed by atoms with Gasteiger partial charge >= 0.3 is 5.97 Å². The summed E-state index contributed by atoms with van der Waals surface area (Å²) in [7, 11) is 1.33. The van der Waals surface area contributed by atoms with E-state index in [2.05, 4.69) is 12.2 Å². The molecule has 4 unspecified atom stereocenters. The van der Waals surface area contributed by atoms with E-state index in [1.165, 1.54) is 70.1 Å². The quantitative estimate of drug-likeness (QED) is 0.153. The van der Waals surface area contributed by atoms with Crippen LogP contribution in [0.15, 0.2) is 35.0 Å². The fraction of sp³-hybridized carbons (Fsp3) is 0.618. The van der Waals surface area contributed by atoms with Crippen molar-refractivity contribution >= 4 is 18.0 Å². The zero-order valence-electron chi connectivity index (χ0n) is 25.0. The fourth-order valence-corrected chi connectivity index (χ4v) is 7.59. The molecule has 2 saturated heterocycles. The van der Waals surface area contributed by atoms with Crippen LogP contribution in [-0.2, 0) is 26.1 Å². The van der Waals surface area contributed by atoms with Gasteiger partial charge in [0.1, 0.15) is 12.1 Å². The summed E-state index contributed by atoms with van der Waals surface area (Å²) in [6.07, 6.45) is 18.6. The molecule has 0 radical (unpaired) electrons. The van der Waals surface area contributed by atoms with Gasteiger partial charge in [0.05, 0.1) is 24.7 Å². The van der Waals surface area contributed by atoms with Crippen LogP contribution < -0.4 is 5.32 Å². The highest BCUT2D eigenvalue weighted by molar-refractivity contribution is 5.91. The lowest BCUT2D eigenvalue weighted by Crippen LogP contribution is -2.45. The molecule has 0 spiro atoms. The van der Waals surface area contributed by atoms with E-state index < -0.39 is 11.4 Å². The number of nitrogens with zero attached hydrogens (tertiary/aromatic N) is 1. The number of amides is 1. The third kappa shape index (κ3) is 6.80. The van der Waals surface area contributed by atoms with Crippen LogP contribution in [0.3, 0.4) is 0 Å². The first kappa shape index (κ1) is 30.5. The highest BCUT2D eigenvalue weighted by atomic mass is 19.1. The van der Waals surface area contributed by atoms with Gasteiger partial charge < -0.3 is 19.2 Å². The third-order valence-corrected chi connectivity index (χ3v) is 9.82. The van der Waals surface area contributed by atoms with Gasteiger partial charge in [-0.3, -0.25) is 4.79 Å². The molecule has 2 aromatic rings. The Labute approximate surface area is 250 Å². The number of rotatable bonds is 13. The summed E-state index contributed by atoms with van der Waals surface area (Å²) in [4.78, 5) is 29.5. The van der Waals surface area contributed by atoms with Gasteiger partial charge in [-0.1, -0.05) is 64.4 Å². The Balaban J connectivity index is 0.00000423. The lowest BCUT2D eigenvalue weighted by Gasteiger charge is -2.39. The Kier molecular flexibility index (Phi) is 10.1. The van der Waals surface area contributed by atoms with E-state index in [1.54, 1.807) is 12.1 Å². The molecule has 3 heterocycles. The number of oxazole rings is 1. The SMILES string of the molecule is CCC(Cc1cc(F)ccc1/C=C/C(=O)OC)C1(c2nc(C(=O)NCCCCC3CCCCC3)co2)CC2CCC1O2.[HH]. The molecule has 8 heteroatoms. The Morgan fingerprint density at radius 3 is 2.76 bits per heavy atom. The lowest BCUT2D eigenvalue weighted by molar-refractivity contribution is -0.134. The van der Waals surface area contributed by atoms with Crippen LogP contribution in [0.4, 0.5) is 4.39 Å². The van der Waals surface area contributed by atoms with E-state index in [4.69, 9.17) is 18.9 Å². The Bertz CT molecular complexity index is 1260. The van der Waals surface area contributed by atoms with Crippen molar-refractivity contribution in [2.45, 2.75) is 108 Å². The molecule has 3 fully saturated rings. The summed E-state index contributed by atoms with van der Waals surface area (Å²) in [5.74, 6) is 0.398. The standard InChI is InChI=1S/C34H45FN2O5.H2/c1-3-26(19-25-20-27(35)14-12-24(25)13-17-31(38)40-2)34(21-28-15-16-30(34)42-28)33-37-29(22-41-33)32(39)36-18-8-7-11-23-9-5-4-6-10-23;/h12-14,17,20,22-23,26,28,30H,3-11,15-16,18-19,21H2,1-2H3,(H,36,39);1H/b17-13+;. The van der Waals surface area contributed by atoms with Crippen LogP contribution in [-0.4, -0.2) is 42.7 Å². The summed E-state index contributed by atoms with van der Waals surface area (Å²) in [5, 5.41) is 3.03. The first-order valence-corrected chi connectivity index (χ1v) is 15.9. The van der Waals surface area contributed by atoms with Gasteiger partial charge in [-0.15, -0.1) is 0 Å². The maximum atomic E-state index is 14.4. The molecule has 3 aliphatic rings. The summed E-state index contributed by atoms with van der Waals surface area (Å²) < 4.78 is 31.6. The van der Waals surface area contributed by atoms with Crippen LogP contribution in [0.2, 0.25) is 0 Å². The zero-order chi connectivity index (χ0) is 29.5. The smallest absolute Gasteiger partial charge is 0.330 e. The first-order chi connectivity index (χ1) is 20.4. The number of carbonyl (C=O) groups is 2. The number of carbonyl (C=O) groups excluding carboxylic acids is 2. The molecule has 7 nitrogen and oxygen atoms in total. The number of esters is 1. The Morgan fingerprint density at radius 1 is 1.21 bits per heavy atom. The minimum absolute atomic E-state index is 0. The molecule has 5 rings (SSSR count). The van der Waals surface area contributed by atoms with E-state index in [9.17, 15) is 14.0 Å². The fourth-order valence-electron chi connectivity index (χ4n) is 7.59. The van der Waals surface area contributed by atoms with Crippen LogP contribution >= 0.6 is 0 Å². The molecule has 42 heavy (non-hydrogen) atoms. The molecule has 1 aliphatic carbocycles. The predicted octanol–water partition coefficient (Wildman–Crippen LogP) is 7.18. The van der Waals surface area contributed by atoms with Crippen molar-refractivity contribution in [1.29, 1.82) is 0 Å². The normalized spacial score (nSPS) is 24.7. The second-order valence-electron chi connectivity index (χ2n) is 12.4. The average molecular weight is 583 g/mol. The molecule has 1 aromatic carbocycles. The second kappa shape index (κ2) is 14.0. The topological polar surface area (TPSA) is 90.7 Å². The third-order valence-electron chi connectivity index (χ3n) is 9.82. The van der Waals surface area contributed by atoms with Gasteiger partial charge in [0.25, 0.3) is 5.91 Å². The van der Waals surface area contributed by atoms with Crippen molar-refractivity contribution in [3.8, 4) is 0 Å². The van der Waals surface area contributed by atoms with E-state index >= 15 is 0 Å². The predicted molar refractivity (Wildman–Crippen MR) is 161 cm³/mol. The highest BCUT2D eigenvalue weighted by Gasteiger charge is 2.59. The van der Waals surface area contributed by atoms with Crippen LogP contribution in [0.1, 0.15) is 113 Å². The number of methoxy groups -OCH3 is 1. The maximum absolute atomic E-state index is 14.4. The van der Waals surface area contributed by atoms with Gasteiger partial charge in [-0.2, -0.15) is 0 Å². The number of hydrogen-bond donors (Lipinski definition) is 1. The number of benzene rings is 1. The van der Waals surface area contributed by atoms with E-state index in [0.29, 0.717) is 24.6 Å². The summed E-state index contributed by atoms with van der Waals surface area (Å²) in [5.41, 5.74) is 1.32. The van der Waals surface area contributed by atoms with Gasteiger partial charge in [-0.25, -0.2) is 14.2 Å². The Hall–Kier alpha value is -3.00. The molecule has 2 aliphatic heterocycles. The average Bonchev–Trinajstić information content (AvgIpc) is 3.77. The van der Waals surface area contributed by atoms with Crippen molar-refractivity contribution in [3.05, 3.63) is 59.1 Å². The van der Waals surface area contributed by atoms with Gasteiger partial charge in [0.15, 0.2) is 5.69 Å². The monoisotopic (exact) mass is 582 g/mol. The van der Waals surface area contributed by atoms with Crippen molar-refractivity contribution in [2.75, 3.05) is 13.7 Å². The lowest BCUT2D eigenvalue weighted by atomic mass is 9.62. The molecular formula is C34H47FN2O5. The number of fused-ring (bicyclic) bond motifs is 2. The van der Waals surface area contributed by atoms with Gasteiger partial charge in [0.2, 0.25) is 5.89 Å². The van der Waals surface area contributed by atoms with Crippen LogP contribution in [0, 0.1) is 17.7 Å². The number of unbranched alkanes of at least 4 members (excludes halogenated alkanes) is 1. The minimum atomic E-state index is -0.522. The largest absolute Gasteiger partial charge is 0.466 e. The molecule has 230 valence electrons. The number of halogens is 1. The molecular weight excluding hydrogens is 535 g/mol. The molecule has 2 bridgehead atoms. The van der Waals surface area contributed by atoms with Crippen molar-refractivity contribution < 1.29 is 29.3 Å².